The molecule has 0 saturated heterocycles. The highest BCUT2D eigenvalue weighted by molar-refractivity contribution is 5.62. The molecule has 0 amide bonds. The van der Waals surface area contributed by atoms with Crippen molar-refractivity contribution in [2.75, 3.05) is 7.11 Å². The molecule has 17 heavy (non-hydrogen) atoms. The largest absolute Gasteiger partial charge is 0.508 e. The third kappa shape index (κ3) is 2.54. The number of ether oxygens (including phenoxy) is 1. The molecule has 0 aliphatic rings. The number of rotatable bonds is 3. The number of aromatic hydroxyl groups is 1. The van der Waals surface area contributed by atoms with E-state index in [9.17, 15) is 5.11 Å². The van der Waals surface area contributed by atoms with Gasteiger partial charge in [-0.1, -0.05) is 12.1 Å². The molecule has 0 atom stereocenters. The van der Waals surface area contributed by atoms with Gasteiger partial charge in [-0.3, -0.25) is 0 Å². The van der Waals surface area contributed by atoms with Crippen LogP contribution in [0.1, 0.15) is 5.56 Å². The van der Waals surface area contributed by atoms with Gasteiger partial charge in [0, 0.05) is 18.2 Å². The highest BCUT2D eigenvalue weighted by Gasteiger charge is 2.05. The maximum Gasteiger partial charge on any atom is 0.213 e. The van der Waals surface area contributed by atoms with Gasteiger partial charge in [0.25, 0.3) is 0 Å². The van der Waals surface area contributed by atoms with Gasteiger partial charge >= 0.3 is 0 Å². The molecule has 3 N–H and O–H groups in total. The zero-order valence-corrected chi connectivity index (χ0v) is 9.55. The van der Waals surface area contributed by atoms with E-state index < -0.39 is 0 Å². The number of phenols is 1. The summed E-state index contributed by atoms with van der Waals surface area (Å²) in [6.45, 7) is 0.421. The Morgan fingerprint density at radius 2 is 2.12 bits per heavy atom. The standard InChI is InChI=1S/C13H14N2O2/c1-17-13-6-9(8-14)5-12(15-13)10-3-2-4-11(16)7-10/h2-7,16H,8,14H2,1H3. The number of hydrogen-bond acceptors (Lipinski definition) is 4. The highest BCUT2D eigenvalue weighted by atomic mass is 16.5. The summed E-state index contributed by atoms with van der Waals surface area (Å²) in [6, 6.07) is 10.6. The van der Waals surface area contributed by atoms with Crippen molar-refractivity contribution in [1.82, 2.24) is 4.98 Å². The smallest absolute Gasteiger partial charge is 0.213 e. The van der Waals surface area contributed by atoms with Crippen molar-refractivity contribution in [3.63, 3.8) is 0 Å². The molecule has 4 nitrogen and oxygen atoms in total. The lowest BCUT2D eigenvalue weighted by atomic mass is 10.1. The monoisotopic (exact) mass is 230 g/mol. The Bertz CT molecular complexity index is 504. The van der Waals surface area contributed by atoms with Gasteiger partial charge in [0.05, 0.1) is 12.8 Å². The Balaban J connectivity index is 2.50. The van der Waals surface area contributed by atoms with Crippen LogP contribution in [-0.2, 0) is 6.54 Å². The van der Waals surface area contributed by atoms with E-state index in [0.717, 1.165) is 16.8 Å². The van der Waals surface area contributed by atoms with Gasteiger partial charge in [-0.2, -0.15) is 0 Å². The maximum atomic E-state index is 9.44. The number of nitrogens with zero attached hydrogens (tertiary/aromatic N) is 1. The molecule has 4 heteroatoms. The molecule has 0 fully saturated rings. The Morgan fingerprint density at radius 1 is 1.29 bits per heavy atom. The minimum atomic E-state index is 0.210. The summed E-state index contributed by atoms with van der Waals surface area (Å²) in [7, 11) is 1.56. The van der Waals surface area contributed by atoms with Crippen molar-refractivity contribution >= 4 is 0 Å². The number of pyridine rings is 1. The minimum absolute atomic E-state index is 0.210. The van der Waals surface area contributed by atoms with E-state index >= 15 is 0 Å². The van der Waals surface area contributed by atoms with E-state index in [1.165, 1.54) is 0 Å². The molecule has 0 aliphatic carbocycles. The Morgan fingerprint density at radius 3 is 2.76 bits per heavy atom. The van der Waals surface area contributed by atoms with Crippen LogP contribution in [0.25, 0.3) is 11.3 Å². The molecule has 0 radical (unpaired) electrons. The first-order valence-corrected chi connectivity index (χ1v) is 5.27. The molecular weight excluding hydrogens is 216 g/mol. The fraction of sp³-hybridized carbons (Fsp3) is 0.154. The number of benzene rings is 1. The minimum Gasteiger partial charge on any atom is -0.508 e. The molecule has 0 aliphatic heterocycles. The van der Waals surface area contributed by atoms with Gasteiger partial charge < -0.3 is 15.6 Å². The third-order valence-corrected chi connectivity index (χ3v) is 2.45. The van der Waals surface area contributed by atoms with E-state index in [0.29, 0.717) is 12.4 Å². The van der Waals surface area contributed by atoms with Gasteiger partial charge in [0.2, 0.25) is 5.88 Å². The molecule has 1 aromatic heterocycles. The van der Waals surface area contributed by atoms with Gasteiger partial charge in [0.15, 0.2) is 0 Å². The summed E-state index contributed by atoms with van der Waals surface area (Å²) in [5.74, 6) is 0.729. The van der Waals surface area contributed by atoms with Gasteiger partial charge in [-0.05, 0) is 23.8 Å². The van der Waals surface area contributed by atoms with Gasteiger partial charge in [-0.15, -0.1) is 0 Å². The Hall–Kier alpha value is -2.07. The molecule has 88 valence electrons. The van der Waals surface area contributed by atoms with E-state index in [1.54, 1.807) is 31.4 Å². The first-order valence-electron chi connectivity index (χ1n) is 5.27. The summed E-state index contributed by atoms with van der Waals surface area (Å²) in [5.41, 5.74) is 8.13. The van der Waals surface area contributed by atoms with Crippen molar-refractivity contribution in [3.05, 3.63) is 42.0 Å². The third-order valence-electron chi connectivity index (χ3n) is 2.45. The summed E-state index contributed by atoms with van der Waals surface area (Å²) in [4.78, 5) is 4.32. The summed E-state index contributed by atoms with van der Waals surface area (Å²) in [6.07, 6.45) is 0. The van der Waals surface area contributed by atoms with Crippen molar-refractivity contribution in [1.29, 1.82) is 0 Å². The summed E-state index contributed by atoms with van der Waals surface area (Å²) in [5, 5.41) is 9.44. The van der Waals surface area contributed by atoms with E-state index in [2.05, 4.69) is 4.98 Å². The van der Waals surface area contributed by atoms with Crippen LogP contribution in [0.3, 0.4) is 0 Å². The van der Waals surface area contributed by atoms with Gasteiger partial charge in [-0.25, -0.2) is 4.98 Å². The fourth-order valence-corrected chi connectivity index (χ4v) is 1.59. The van der Waals surface area contributed by atoms with Crippen LogP contribution >= 0.6 is 0 Å². The van der Waals surface area contributed by atoms with Gasteiger partial charge in [0.1, 0.15) is 5.75 Å². The molecule has 0 spiro atoms. The molecule has 2 rings (SSSR count). The summed E-state index contributed by atoms with van der Waals surface area (Å²) >= 11 is 0. The van der Waals surface area contributed by atoms with Crippen LogP contribution in [0.15, 0.2) is 36.4 Å². The maximum absolute atomic E-state index is 9.44. The van der Waals surface area contributed by atoms with E-state index in [4.69, 9.17) is 10.5 Å². The molecule has 0 bridgehead atoms. The van der Waals surface area contributed by atoms with Crippen LogP contribution < -0.4 is 10.5 Å². The average molecular weight is 230 g/mol. The first kappa shape index (κ1) is 11.4. The van der Waals surface area contributed by atoms with E-state index in [-0.39, 0.29) is 5.75 Å². The molecule has 1 aromatic carbocycles. The number of nitrogens with two attached hydrogens (primary N) is 1. The number of methoxy groups -OCH3 is 1. The second-order valence-corrected chi connectivity index (χ2v) is 3.66. The quantitative estimate of drug-likeness (QED) is 0.845. The van der Waals surface area contributed by atoms with E-state index in [1.807, 2.05) is 12.1 Å². The second-order valence-electron chi connectivity index (χ2n) is 3.66. The van der Waals surface area contributed by atoms with Crippen LogP contribution in [0, 0.1) is 0 Å². The SMILES string of the molecule is COc1cc(CN)cc(-c2cccc(O)c2)n1. The molecular formula is C13H14N2O2. The van der Waals surface area contributed by atoms with Crippen LogP contribution in [-0.4, -0.2) is 17.2 Å². The molecule has 2 aromatic rings. The zero-order chi connectivity index (χ0) is 12.3. The first-order chi connectivity index (χ1) is 8.22. The lowest BCUT2D eigenvalue weighted by Crippen LogP contribution is -1.99. The lowest BCUT2D eigenvalue weighted by molar-refractivity contribution is 0.398. The summed E-state index contributed by atoms with van der Waals surface area (Å²) < 4.78 is 5.12. The highest BCUT2D eigenvalue weighted by Crippen LogP contribution is 2.24. The molecule has 0 unspecified atom stereocenters. The van der Waals surface area contributed by atoms with Crippen molar-refractivity contribution in [2.45, 2.75) is 6.54 Å². The van der Waals surface area contributed by atoms with Crippen LogP contribution in [0.4, 0.5) is 0 Å². The number of hydrogen-bond donors (Lipinski definition) is 2. The fourth-order valence-electron chi connectivity index (χ4n) is 1.59. The zero-order valence-electron chi connectivity index (χ0n) is 9.55. The van der Waals surface area contributed by atoms with Crippen molar-refractivity contribution < 1.29 is 9.84 Å². The number of phenolic OH excluding ortho intramolecular Hbond substituents is 1. The predicted molar refractivity (Wildman–Crippen MR) is 65.8 cm³/mol. The van der Waals surface area contributed by atoms with Crippen molar-refractivity contribution in [3.8, 4) is 22.9 Å². The lowest BCUT2D eigenvalue weighted by Gasteiger charge is -2.07. The predicted octanol–water partition coefficient (Wildman–Crippen LogP) is 1.92. The number of aromatic nitrogens is 1. The molecule has 1 heterocycles. The Labute approximate surface area is 99.7 Å². The second kappa shape index (κ2) is 4.84. The van der Waals surface area contributed by atoms with Crippen LogP contribution in [0.5, 0.6) is 11.6 Å². The Kier molecular flexibility index (Phi) is 3.25. The van der Waals surface area contributed by atoms with Crippen LogP contribution in [0.2, 0.25) is 0 Å². The molecule has 0 saturated carbocycles. The topological polar surface area (TPSA) is 68.4 Å². The van der Waals surface area contributed by atoms with Crippen molar-refractivity contribution in [2.24, 2.45) is 5.73 Å². The average Bonchev–Trinajstić information content (AvgIpc) is 2.38. The normalized spacial score (nSPS) is 10.2.